The van der Waals surface area contributed by atoms with Gasteiger partial charge in [0.1, 0.15) is 5.75 Å². The highest BCUT2D eigenvalue weighted by molar-refractivity contribution is 9.10. The van der Waals surface area contributed by atoms with Crippen LogP contribution >= 0.6 is 15.9 Å². The molecule has 6 heteroatoms. The number of ether oxygens (including phenoxy) is 1. The second-order valence-electron chi connectivity index (χ2n) is 4.66. The first kappa shape index (κ1) is 15.0. The Hall–Kier alpha value is -1.40. The van der Waals surface area contributed by atoms with Crippen molar-refractivity contribution in [3.8, 4) is 5.75 Å². The fourth-order valence-electron chi connectivity index (χ4n) is 2.16. The minimum absolute atomic E-state index is 0.0860. The van der Waals surface area contributed by atoms with E-state index in [1.54, 1.807) is 13.3 Å². The molecule has 0 aliphatic carbocycles. The maximum Gasteiger partial charge on any atom is 0.254 e. The van der Waals surface area contributed by atoms with Gasteiger partial charge < -0.3 is 4.74 Å². The van der Waals surface area contributed by atoms with Crippen LogP contribution in [0, 0.1) is 0 Å². The van der Waals surface area contributed by atoms with Crippen LogP contribution in [0.4, 0.5) is 0 Å². The fourth-order valence-corrected chi connectivity index (χ4v) is 2.54. The molecule has 1 N–H and O–H groups in total. The number of methoxy groups -OCH3 is 1. The molecule has 0 aromatic heterocycles. The van der Waals surface area contributed by atoms with Crippen molar-refractivity contribution in [1.82, 2.24) is 10.3 Å². The average molecular weight is 340 g/mol. The highest BCUT2D eigenvalue weighted by Gasteiger charge is 2.14. The topological polar surface area (TPSA) is 53.9 Å². The van der Waals surface area contributed by atoms with Crippen LogP contribution in [0.15, 0.2) is 27.8 Å². The predicted molar refractivity (Wildman–Crippen MR) is 82.1 cm³/mol. The molecule has 0 spiro atoms. The predicted octanol–water partition coefficient (Wildman–Crippen LogP) is 2.00. The molecule has 1 aliphatic rings. The molecule has 0 radical (unpaired) electrons. The number of rotatable bonds is 5. The fraction of sp³-hybridized carbons (Fsp3) is 0.429. The van der Waals surface area contributed by atoms with Gasteiger partial charge in [-0.2, -0.15) is 5.10 Å². The van der Waals surface area contributed by atoms with E-state index in [0.29, 0.717) is 12.3 Å². The van der Waals surface area contributed by atoms with Gasteiger partial charge in [-0.05, 0) is 44.1 Å². The van der Waals surface area contributed by atoms with Gasteiger partial charge in [0.25, 0.3) is 5.91 Å². The van der Waals surface area contributed by atoms with Gasteiger partial charge in [0, 0.05) is 10.0 Å². The third kappa shape index (κ3) is 4.31. The molecule has 1 heterocycles. The van der Waals surface area contributed by atoms with Crippen LogP contribution in [0.1, 0.15) is 18.4 Å². The lowest BCUT2D eigenvalue weighted by atomic mass is 10.2. The highest BCUT2D eigenvalue weighted by atomic mass is 79.9. The maximum atomic E-state index is 11.7. The molecule has 0 bridgehead atoms. The third-order valence-electron chi connectivity index (χ3n) is 3.15. The molecule has 0 atom stereocenters. The molecule has 2 rings (SSSR count). The molecule has 1 saturated heterocycles. The van der Waals surface area contributed by atoms with Crippen molar-refractivity contribution < 1.29 is 9.53 Å². The summed E-state index contributed by atoms with van der Waals surface area (Å²) in [6.07, 6.45) is 3.93. The van der Waals surface area contributed by atoms with Crippen LogP contribution in [0.3, 0.4) is 0 Å². The van der Waals surface area contributed by atoms with Crippen LogP contribution in [0.2, 0.25) is 0 Å². The first-order valence-electron chi connectivity index (χ1n) is 6.57. The maximum absolute atomic E-state index is 11.7. The Bertz CT molecular complexity index is 499. The molecule has 1 fully saturated rings. The molecule has 1 amide bonds. The number of hydrazone groups is 1. The second kappa shape index (κ2) is 7.40. The van der Waals surface area contributed by atoms with Gasteiger partial charge in [-0.3, -0.25) is 9.69 Å². The number of likely N-dealkylation sites (tertiary alicyclic amines) is 1. The summed E-state index contributed by atoms with van der Waals surface area (Å²) < 4.78 is 6.17. The number of carbonyl (C=O) groups is 1. The second-order valence-corrected chi connectivity index (χ2v) is 5.58. The van der Waals surface area contributed by atoms with Crippen LogP contribution in [-0.4, -0.2) is 43.8 Å². The minimum atomic E-state index is -0.0860. The standard InChI is InChI=1S/C14H18BrN3O2/c1-20-13-5-4-12(15)8-11(13)9-16-17-14(19)10-18-6-2-3-7-18/h4-5,8-9H,2-3,6-7,10H2,1H3,(H,17,19). The quantitative estimate of drug-likeness (QED) is 0.659. The molecule has 5 nitrogen and oxygen atoms in total. The number of hydrogen-bond acceptors (Lipinski definition) is 4. The van der Waals surface area contributed by atoms with Crippen LogP contribution in [0.5, 0.6) is 5.75 Å². The summed E-state index contributed by atoms with van der Waals surface area (Å²) in [5, 5.41) is 3.98. The zero-order valence-electron chi connectivity index (χ0n) is 11.4. The minimum Gasteiger partial charge on any atom is -0.496 e. The third-order valence-corrected chi connectivity index (χ3v) is 3.64. The van der Waals surface area contributed by atoms with Gasteiger partial charge in [0.05, 0.1) is 19.9 Å². The summed E-state index contributed by atoms with van der Waals surface area (Å²) in [7, 11) is 1.60. The van der Waals surface area contributed by atoms with Crippen LogP contribution in [-0.2, 0) is 4.79 Å². The highest BCUT2D eigenvalue weighted by Crippen LogP contribution is 2.21. The van der Waals surface area contributed by atoms with E-state index in [1.807, 2.05) is 18.2 Å². The lowest BCUT2D eigenvalue weighted by Crippen LogP contribution is -2.33. The van der Waals surface area contributed by atoms with E-state index in [4.69, 9.17) is 4.74 Å². The molecule has 20 heavy (non-hydrogen) atoms. The first-order chi connectivity index (χ1) is 9.69. The average Bonchev–Trinajstić information content (AvgIpc) is 2.92. The molecular formula is C14H18BrN3O2. The van der Waals surface area contributed by atoms with Crippen molar-refractivity contribution >= 4 is 28.1 Å². The van der Waals surface area contributed by atoms with Gasteiger partial charge in [-0.15, -0.1) is 0 Å². The Morgan fingerprint density at radius 2 is 2.25 bits per heavy atom. The van der Waals surface area contributed by atoms with Crippen molar-refractivity contribution in [2.24, 2.45) is 5.10 Å². The summed E-state index contributed by atoms with van der Waals surface area (Å²) >= 11 is 3.39. The van der Waals surface area contributed by atoms with E-state index >= 15 is 0 Å². The van der Waals surface area contributed by atoms with Crippen LogP contribution < -0.4 is 10.2 Å². The number of nitrogens with one attached hydrogen (secondary N) is 1. The Morgan fingerprint density at radius 1 is 1.50 bits per heavy atom. The summed E-state index contributed by atoms with van der Waals surface area (Å²) in [6, 6.07) is 5.62. The summed E-state index contributed by atoms with van der Waals surface area (Å²) in [6.45, 7) is 2.40. The van der Waals surface area contributed by atoms with Gasteiger partial charge in [-0.25, -0.2) is 5.43 Å². The number of amides is 1. The van der Waals surface area contributed by atoms with Crippen molar-refractivity contribution in [3.05, 3.63) is 28.2 Å². The Kier molecular flexibility index (Phi) is 5.55. The number of benzene rings is 1. The lowest BCUT2D eigenvalue weighted by molar-refractivity contribution is -0.121. The molecule has 0 saturated carbocycles. The molecular weight excluding hydrogens is 322 g/mol. The monoisotopic (exact) mass is 339 g/mol. The van der Waals surface area contributed by atoms with E-state index in [0.717, 1.165) is 23.1 Å². The van der Waals surface area contributed by atoms with E-state index in [9.17, 15) is 4.79 Å². The van der Waals surface area contributed by atoms with E-state index in [-0.39, 0.29) is 5.91 Å². The van der Waals surface area contributed by atoms with Crippen LogP contribution in [0.25, 0.3) is 0 Å². The molecule has 1 aromatic rings. The number of nitrogens with zero attached hydrogens (tertiary/aromatic N) is 2. The van der Waals surface area contributed by atoms with Gasteiger partial charge >= 0.3 is 0 Å². The van der Waals surface area contributed by atoms with Crippen molar-refractivity contribution in [2.45, 2.75) is 12.8 Å². The molecule has 108 valence electrons. The van der Waals surface area contributed by atoms with Crippen molar-refractivity contribution in [3.63, 3.8) is 0 Å². The number of carbonyl (C=O) groups excluding carboxylic acids is 1. The molecule has 0 unspecified atom stereocenters. The number of hydrogen-bond donors (Lipinski definition) is 1. The zero-order chi connectivity index (χ0) is 14.4. The largest absolute Gasteiger partial charge is 0.496 e. The lowest BCUT2D eigenvalue weighted by Gasteiger charge is -2.12. The van der Waals surface area contributed by atoms with E-state index in [1.165, 1.54) is 12.8 Å². The molecule has 1 aromatic carbocycles. The number of halogens is 1. The Morgan fingerprint density at radius 3 is 2.95 bits per heavy atom. The SMILES string of the molecule is COc1ccc(Br)cc1C=NNC(=O)CN1CCCC1. The smallest absolute Gasteiger partial charge is 0.254 e. The first-order valence-corrected chi connectivity index (χ1v) is 7.36. The van der Waals surface area contributed by atoms with Gasteiger partial charge in [0.2, 0.25) is 0 Å². The summed E-state index contributed by atoms with van der Waals surface area (Å²) in [4.78, 5) is 13.8. The van der Waals surface area contributed by atoms with Crippen molar-refractivity contribution in [2.75, 3.05) is 26.7 Å². The van der Waals surface area contributed by atoms with Gasteiger partial charge in [0.15, 0.2) is 0 Å². The Labute approximate surface area is 127 Å². The summed E-state index contributed by atoms with van der Waals surface area (Å²) in [5.74, 6) is 0.628. The normalized spacial score (nSPS) is 15.7. The Balaban J connectivity index is 1.89. The van der Waals surface area contributed by atoms with E-state index in [2.05, 4.69) is 31.4 Å². The summed E-state index contributed by atoms with van der Waals surface area (Å²) in [5.41, 5.74) is 3.36. The van der Waals surface area contributed by atoms with E-state index < -0.39 is 0 Å². The van der Waals surface area contributed by atoms with Gasteiger partial charge in [-0.1, -0.05) is 15.9 Å². The van der Waals surface area contributed by atoms with Crippen molar-refractivity contribution in [1.29, 1.82) is 0 Å². The zero-order valence-corrected chi connectivity index (χ0v) is 13.0. The molecule has 1 aliphatic heterocycles.